The minimum atomic E-state index is -1.29. The van der Waals surface area contributed by atoms with Crippen LogP contribution in [0.1, 0.15) is 101 Å². The molecule has 9 nitrogen and oxygen atoms in total. The molecule has 0 fully saturated rings. The largest absolute Gasteiger partial charge is 0.508 e. The van der Waals surface area contributed by atoms with Crippen molar-refractivity contribution in [3.05, 3.63) is 101 Å². The van der Waals surface area contributed by atoms with Gasteiger partial charge in [-0.05, 0) is 85.4 Å². The van der Waals surface area contributed by atoms with Crippen molar-refractivity contribution in [2.45, 2.75) is 133 Å². The van der Waals surface area contributed by atoms with Crippen LogP contribution in [0.3, 0.4) is 0 Å². The number of phenolic OH excluding ortho intramolecular Hbond substituents is 1. The minimum absolute atomic E-state index is 0.109. The third-order valence-corrected chi connectivity index (χ3v) is 10.5. The number of carbonyl (C=O) groups is 1. The van der Waals surface area contributed by atoms with Gasteiger partial charge in [-0.1, -0.05) is 106 Å². The summed E-state index contributed by atoms with van der Waals surface area (Å²) in [5, 5.41) is 78.3. The standard InChI is InChI=1S/C44H59NO8/c1-2-3-15-40(49)41(50)26-23-34-21-19-32-11-8-9-12-33(32)20-22-35-13-10-27-44(53,29-31-17-24-36(47)25-18-31)43(35)45-39(38(34)28-37(48)30-46)14-6-4-5-7-16-42(51)52/h8-13,17-18,23-26,35,37,39-41,43,45-50,53H,2-7,14-16,19,21,27-30H2,1H3,(H,51,52)/b26-23+,38-34+/t35-,37+,39+,40+,41-,43+,44+/m1/s1. The van der Waals surface area contributed by atoms with Gasteiger partial charge in [0.1, 0.15) is 5.75 Å². The number of nitrogens with one attached hydrogen (secondary N) is 1. The van der Waals surface area contributed by atoms with E-state index in [0.29, 0.717) is 44.9 Å². The van der Waals surface area contributed by atoms with Crippen LogP contribution in [0.5, 0.6) is 5.75 Å². The molecule has 0 unspecified atom stereocenters. The maximum absolute atomic E-state index is 12.6. The van der Waals surface area contributed by atoms with E-state index >= 15 is 0 Å². The lowest BCUT2D eigenvalue weighted by molar-refractivity contribution is -0.137. The van der Waals surface area contributed by atoms with Crippen molar-refractivity contribution in [1.82, 2.24) is 5.32 Å². The fourth-order valence-electron chi connectivity index (χ4n) is 7.47. The number of aryl methyl sites for hydroxylation is 1. The average Bonchev–Trinajstić information content (AvgIpc) is 3.14. The summed E-state index contributed by atoms with van der Waals surface area (Å²) in [6.45, 7) is 1.58. The van der Waals surface area contributed by atoms with Crippen LogP contribution in [0.4, 0.5) is 0 Å². The molecule has 1 aliphatic heterocycles. The monoisotopic (exact) mass is 729 g/mol. The lowest BCUT2D eigenvalue weighted by atomic mass is 9.73. The number of aliphatic hydroxyl groups is 5. The third-order valence-electron chi connectivity index (χ3n) is 10.5. The smallest absolute Gasteiger partial charge is 0.303 e. The van der Waals surface area contributed by atoms with E-state index in [0.717, 1.165) is 59.9 Å². The van der Waals surface area contributed by atoms with E-state index < -0.39 is 48.4 Å². The SMILES string of the molecule is CCCC[C@H](O)[C@H](O)/C=C/C1=C(\C[C@H](O)CO)[C@H](CCCCCCC(=O)O)N[C@H]2[C@@H](C#Cc3ccccc3CC1)C=CC[C@]2(O)Cc1ccc(O)cc1. The molecule has 1 aliphatic carbocycles. The van der Waals surface area contributed by atoms with E-state index in [1.165, 1.54) is 0 Å². The molecule has 4 rings (SSSR count). The highest BCUT2D eigenvalue weighted by Crippen LogP contribution is 2.35. The van der Waals surface area contributed by atoms with E-state index in [-0.39, 0.29) is 24.6 Å². The molecule has 0 spiro atoms. The zero-order valence-corrected chi connectivity index (χ0v) is 31.0. The number of aromatic hydroxyl groups is 1. The lowest BCUT2D eigenvalue weighted by Crippen LogP contribution is -2.59. The molecule has 0 saturated carbocycles. The van der Waals surface area contributed by atoms with Crippen molar-refractivity contribution in [3.8, 4) is 17.6 Å². The van der Waals surface area contributed by atoms with Crippen LogP contribution < -0.4 is 5.32 Å². The Morgan fingerprint density at radius 3 is 2.51 bits per heavy atom. The fourth-order valence-corrected chi connectivity index (χ4v) is 7.47. The molecule has 9 heteroatoms. The Hall–Kier alpha value is -3.75. The van der Waals surface area contributed by atoms with Gasteiger partial charge in [0.05, 0.1) is 42.5 Å². The Morgan fingerprint density at radius 2 is 1.77 bits per heavy atom. The quantitative estimate of drug-likeness (QED) is 0.0561. The van der Waals surface area contributed by atoms with Gasteiger partial charge in [-0.15, -0.1) is 0 Å². The normalized spacial score (nSPS) is 24.9. The zero-order valence-electron chi connectivity index (χ0n) is 31.0. The first-order valence-corrected chi connectivity index (χ1v) is 19.3. The molecule has 1 heterocycles. The second kappa shape index (κ2) is 21.2. The van der Waals surface area contributed by atoms with Crippen LogP contribution in [0, 0.1) is 17.8 Å². The summed E-state index contributed by atoms with van der Waals surface area (Å²) in [4.78, 5) is 11.1. The van der Waals surface area contributed by atoms with Crippen LogP contribution in [0.2, 0.25) is 0 Å². The molecule has 8 N–H and O–H groups in total. The number of benzene rings is 2. The Labute approximate surface area is 314 Å². The molecule has 7 atom stereocenters. The Balaban J connectivity index is 1.85. The van der Waals surface area contributed by atoms with E-state index in [4.69, 9.17) is 5.11 Å². The number of hydrogen-bond donors (Lipinski definition) is 8. The molecule has 0 radical (unpaired) electrons. The first kappa shape index (κ1) is 42.0. The summed E-state index contributed by atoms with van der Waals surface area (Å²) in [7, 11) is 0. The highest BCUT2D eigenvalue weighted by molar-refractivity contribution is 5.66. The van der Waals surface area contributed by atoms with Crippen molar-refractivity contribution in [1.29, 1.82) is 0 Å². The van der Waals surface area contributed by atoms with Crippen LogP contribution in [-0.4, -0.2) is 84.3 Å². The third kappa shape index (κ3) is 13.0. The van der Waals surface area contributed by atoms with Gasteiger partial charge >= 0.3 is 5.97 Å². The van der Waals surface area contributed by atoms with Gasteiger partial charge in [0.25, 0.3) is 0 Å². The molecule has 2 aromatic rings. The van der Waals surface area contributed by atoms with Crippen molar-refractivity contribution in [2.75, 3.05) is 6.61 Å². The topological polar surface area (TPSA) is 171 Å². The van der Waals surface area contributed by atoms with Gasteiger partial charge in [0.2, 0.25) is 0 Å². The number of carboxylic acids is 1. The second-order valence-electron chi connectivity index (χ2n) is 14.7. The second-order valence-corrected chi connectivity index (χ2v) is 14.7. The molecule has 288 valence electrons. The number of fused-ring (bicyclic) bond motifs is 2. The number of unbranched alkanes of at least 4 members (excludes halogenated alkanes) is 4. The van der Waals surface area contributed by atoms with Crippen LogP contribution in [0.15, 0.2) is 84.0 Å². The van der Waals surface area contributed by atoms with E-state index in [1.54, 1.807) is 30.3 Å². The van der Waals surface area contributed by atoms with Gasteiger partial charge in [-0.3, -0.25) is 4.79 Å². The summed E-state index contributed by atoms with van der Waals surface area (Å²) in [6.07, 6.45) is 12.0. The lowest BCUT2D eigenvalue weighted by Gasteiger charge is -2.44. The van der Waals surface area contributed by atoms with Gasteiger partial charge in [-0.25, -0.2) is 0 Å². The fraction of sp³-hybridized carbons (Fsp3) is 0.523. The van der Waals surface area contributed by atoms with E-state index in [1.807, 2.05) is 49.4 Å². The Morgan fingerprint density at radius 1 is 1.02 bits per heavy atom. The molecular formula is C44H59NO8. The van der Waals surface area contributed by atoms with Crippen molar-refractivity contribution in [2.24, 2.45) is 5.92 Å². The first-order valence-electron chi connectivity index (χ1n) is 19.3. The van der Waals surface area contributed by atoms with E-state index in [9.17, 15) is 35.4 Å². The molecule has 2 aromatic carbocycles. The molecule has 2 aliphatic rings. The van der Waals surface area contributed by atoms with Gasteiger partial charge < -0.3 is 41.1 Å². The number of carboxylic acid groups (broad SMARTS) is 1. The summed E-state index contributed by atoms with van der Waals surface area (Å²) < 4.78 is 0. The number of allylic oxidation sites excluding steroid dienone is 2. The van der Waals surface area contributed by atoms with Crippen LogP contribution in [-0.2, 0) is 17.6 Å². The highest BCUT2D eigenvalue weighted by Gasteiger charge is 2.43. The Kier molecular flexibility index (Phi) is 16.8. The Bertz CT molecular complexity index is 1600. The highest BCUT2D eigenvalue weighted by atomic mass is 16.4. The predicted molar refractivity (Wildman–Crippen MR) is 207 cm³/mol. The number of hydrogen-bond acceptors (Lipinski definition) is 8. The minimum Gasteiger partial charge on any atom is -0.508 e. The molecule has 0 aromatic heterocycles. The van der Waals surface area contributed by atoms with Gasteiger partial charge in [0, 0.05) is 24.4 Å². The summed E-state index contributed by atoms with van der Waals surface area (Å²) in [6, 6.07) is 13.8. The van der Waals surface area contributed by atoms with Crippen molar-refractivity contribution < 1.29 is 40.5 Å². The maximum Gasteiger partial charge on any atom is 0.303 e. The van der Waals surface area contributed by atoms with Crippen molar-refractivity contribution in [3.63, 3.8) is 0 Å². The number of aliphatic carboxylic acids is 1. The summed E-state index contributed by atoms with van der Waals surface area (Å²) in [5.41, 5.74) is 3.18. The predicted octanol–water partition coefficient (Wildman–Crippen LogP) is 5.50. The van der Waals surface area contributed by atoms with Crippen LogP contribution >= 0.6 is 0 Å². The van der Waals surface area contributed by atoms with Gasteiger partial charge in [0.15, 0.2) is 0 Å². The molecule has 0 bridgehead atoms. The molecule has 53 heavy (non-hydrogen) atoms. The molecule has 0 amide bonds. The van der Waals surface area contributed by atoms with Crippen LogP contribution in [0.25, 0.3) is 0 Å². The summed E-state index contributed by atoms with van der Waals surface area (Å²) in [5.74, 6) is 5.82. The van der Waals surface area contributed by atoms with E-state index in [2.05, 4.69) is 17.2 Å². The number of rotatable bonds is 18. The number of aliphatic hydroxyl groups excluding tert-OH is 4. The maximum atomic E-state index is 12.6. The van der Waals surface area contributed by atoms with Gasteiger partial charge in [-0.2, -0.15) is 0 Å². The first-order chi connectivity index (χ1) is 25.5. The average molecular weight is 730 g/mol. The molecular weight excluding hydrogens is 670 g/mol. The van der Waals surface area contributed by atoms with Crippen molar-refractivity contribution >= 4 is 5.97 Å². The zero-order chi connectivity index (χ0) is 38.2. The molecule has 0 saturated heterocycles. The number of phenols is 1. The summed E-state index contributed by atoms with van der Waals surface area (Å²) >= 11 is 0.